The molecule has 0 aliphatic carbocycles. The summed E-state index contributed by atoms with van der Waals surface area (Å²) in [6.07, 6.45) is 0. The minimum Gasteiger partial charge on any atom is -0.469 e. The van der Waals surface area contributed by atoms with Crippen molar-refractivity contribution in [3.63, 3.8) is 0 Å². The Bertz CT molecular complexity index is 628. The fourth-order valence-electron chi connectivity index (χ4n) is 1.60. The van der Waals surface area contributed by atoms with Gasteiger partial charge in [0.2, 0.25) is 10.0 Å². The van der Waals surface area contributed by atoms with E-state index in [9.17, 15) is 18.0 Å². The molecule has 0 saturated heterocycles. The van der Waals surface area contributed by atoms with Crippen LogP contribution in [0.3, 0.4) is 0 Å². The maximum Gasteiger partial charge on any atom is 0.309 e. The average molecular weight is 333 g/mol. The lowest BCUT2D eigenvalue weighted by atomic mass is 10.1. The summed E-state index contributed by atoms with van der Waals surface area (Å²) in [4.78, 5) is 24.7. The van der Waals surface area contributed by atoms with Gasteiger partial charge in [-0.05, 0) is 32.4 Å². The van der Waals surface area contributed by atoms with Crippen LogP contribution in [0.15, 0.2) is 6.07 Å². The highest BCUT2D eigenvalue weighted by atomic mass is 32.2. The zero-order chi connectivity index (χ0) is 16.4. The molecule has 6 nitrogen and oxygen atoms in total. The average Bonchev–Trinajstić information content (AvgIpc) is 2.75. The zero-order valence-electron chi connectivity index (χ0n) is 12.6. The topological polar surface area (TPSA) is 89.5 Å². The summed E-state index contributed by atoms with van der Waals surface area (Å²) in [6.45, 7) is 6.51. The third-order valence-electron chi connectivity index (χ3n) is 3.39. The lowest BCUT2D eigenvalue weighted by Crippen LogP contribution is -2.41. The van der Waals surface area contributed by atoms with Crippen LogP contribution in [0.25, 0.3) is 0 Å². The van der Waals surface area contributed by atoms with Crippen molar-refractivity contribution in [2.75, 3.05) is 7.11 Å². The van der Waals surface area contributed by atoms with E-state index in [4.69, 9.17) is 0 Å². The molecular weight excluding hydrogens is 314 g/mol. The maximum absolute atomic E-state index is 12.1. The Morgan fingerprint density at radius 3 is 2.29 bits per heavy atom. The molecule has 1 N–H and O–H groups in total. The Kier molecular flexibility index (Phi) is 5.52. The summed E-state index contributed by atoms with van der Waals surface area (Å²) >= 11 is 1.23. The van der Waals surface area contributed by atoms with Gasteiger partial charge in [-0.3, -0.25) is 9.59 Å². The number of carbonyl (C=O) groups is 2. The third-order valence-corrected chi connectivity index (χ3v) is 6.40. The number of carbonyl (C=O) groups excluding carboxylic acids is 2. The Balaban J connectivity index is 2.89. The summed E-state index contributed by atoms with van der Waals surface area (Å²) in [6, 6.07) is 1.64. The second kappa shape index (κ2) is 6.57. The van der Waals surface area contributed by atoms with Crippen molar-refractivity contribution < 1.29 is 22.7 Å². The molecule has 0 aliphatic rings. The van der Waals surface area contributed by atoms with Crippen LogP contribution in [-0.2, 0) is 19.6 Å². The quantitative estimate of drug-likeness (QED) is 0.827. The first-order valence-electron chi connectivity index (χ1n) is 6.31. The predicted molar refractivity (Wildman–Crippen MR) is 80.8 cm³/mol. The van der Waals surface area contributed by atoms with Crippen LogP contribution in [0.4, 0.5) is 0 Å². The van der Waals surface area contributed by atoms with Crippen LogP contribution in [0.2, 0.25) is 0 Å². The normalized spacial score (nSPS) is 14.3. The second-order valence-corrected chi connectivity index (χ2v) is 8.14. The van der Waals surface area contributed by atoms with Gasteiger partial charge in [0.25, 0.3) is 5.91 Å². The van der Waals surface area contributed by atoms with E-state index in [-0.39, 0.29) is 0 Å². The monoisotopic (exact) mass is 333 g/mol. The standard InChI is InChI=1S/C13H19NO5S2/c1-7-6-11(20-9(7)3)12(15)14-21(17,18)10(4)8(2)13(16)19-5/h6,8,10H,1-5H3,(H,14,15)/t8-,10+/m0/s1. The highest BCUT2D eigenvalue weighted by molar-refractivity contribution is 7.90. The van der Waals surface area contributed by atoms with E-state index in [0.717, 1.165) is 10.4 Å². The van der Waals surface area contributed by atoms with E-state index in [1.165, 1.54) is 32.3 Å². The summed E-state index contributed by atoms with van der Waals surface area (Å²) in [5.41, 5.74) is 0.929. The number of methoxy groups -OCH3 is 1. The molecule has 0 radical (unpaired) electrons. The summed E-state index contributed by atoms with van der Waals surface area (Å²) in [5, 5.41) is -1.07. The van der Waals surface area contributed by atoms with Gasteiger partial charge >= 0.3 is 5.97 Å². The van der Waals surface area contributed by atoms with E-state index in [0.29, 0.717) is 4.88 Å². The number of thiophene rings is 1. The van der Waals surface area contributed by atoms with Gasteiger partial charge in [0.05, 0.1) is 23.2 Å². The molecule has 1 heterocycles. The van der Waals surface area contributed by atoms with Crippen LogP contribution in [-0.4, -0.2) is 32.7 Å². The number of hydrogen-bond acceptors (Lipinski definition) is 6. The van der Waals surface area contributed by atoms with E-state index < -0.39 is 33.1 Å². The maximum atomic E-state index is 12.1. The number of nitrogens with one attached hydrogen (secondary N) is 1. The van der Waals surface area contributed by atoms with Gasteiger partial charge in [-0.1, -0.05) is 6.92 Å². The first kappa shape index (κ1) is 17.6. The Morgan fingerprint density at radius 2 is 1.86 bits per heavy atom. The molecule has 1 amide bonds. The molecule has 2 atom stereocenters. The molecule has 0 saturated carbocycles. The van der Waals surface area contributed by atoms with Gasteiger partial charge in [-0.15, -0.1) is 11.3 Å². The van der Waals surface area contributed by atoms with Crippen molar-refractivity contribution in [2.24, 2.45) is 5.92 Å². The minimum absolute atomic E-state index is 0.325. The third kappa shape index (κ3) is 4.04. The van der Waals surface area contributed by atoms with E-state index in [2.05, 4.69) is 4.74 Å². The van der Waals surface area contributed by atoms with Gasteiger partial charge in [0.1, 0.15) is 0 Å². The molecule has 8 heteroatoms. The molecule has 0 spiro atoms. The summed E-state index contributed by atoms with van der Waals surface area (Å²) in [5.74, 6) is -2.18. The number of aryl methyl sites for hydroxylation is 2. The number of sulfonamides is 1. The molecule has 1 rings (SSSR count). The lowest BCUT2D eigenvalue weighted by Gasteiger charge is -2.18. The predicted octanol–water partition coefficient (Wildman–Crippen LogP) is 1.62. The molecule has 0 aromatic carbocycles. The minimum atomic E-state index is -3.96. The highest BCUT2D eigenvalue weighted by Crippen LogP contribution is 2.21. The smallest absolute Gasteiger partial charge is 0.309 e. The lowest BCUT2D eigenvalue weighted by molar-refractivity contribution is -0.144. The Labute approximate surface area is 128 Å². The van der Waals surface area contributed by atoms with Crippen LogP contribution in [0.5, 0.6) is 0 Å². The van der Waals surface area contributed by atoms with E-state index in [1.807, 2.05) is 18.6 Å². The Hall–Kier alpha value is -1.41. The second-order valence-electron chi connectivity index (χ2n) is 4.84. The summed E-state index contributed by atoms with van der Waals surface area (Å²) in [7, 11) is -2.77. The Morgan fingerprint density at radius 1 is 1.29 bits per heavy atom. The molecule has 118 valence electrons. The van der Waals surface area contributed by atoms with Crippen LogP contribution < -0.4 is 4.72 Å². The SMILES string of the molecule is COC(=O)[C@@H](C)[C@@H](C)S(=O)(=O)NC(=O)c1cc(C)c(C)s1. The van der Waals surface area contributed by atoms with Crippen molar-refractivity contribution in [2.45, 2.75) is 32.9 Å². The molecule has 0 aliphatic heterocycles. The largest absolute Gasteiger partial charge is 0.469 e. The molecular formula is C13H19NO5S2. The van der Waals surface area contributed by atoms with Gasteiger partial charge < -0.3 is 4.74 Å². The van der Waals surface area contributed by atoms with Gasteiger partial charge in [0, 0.05) is 4.88 Å². The molecule has 0 bridgehead atoms. The van der Waals surface area contributed by atoms with Crippen molar-refractivity contribution in [1.29, 1.82) is 0 Å². The number of rotatable bonds is 5. The molecule has 1 aromatic rings. The molecule has 21 heavy (non-hydrogen) atoms. The highest BCUT2D eigenvalue weighted by Gasteiger charge is 2.33. The van der Waals surface area contributed by atoms with Gasteiger partial charge in [-0.25, -0.2) is 13.1 Å². The number of ether oxygens (including phenoxy) is 1. The fraction of sp³-hybridized carbons (Fsp3) is 0.538. The molecule has 0 unspecified atom stereocenters. The van der Waals surface area contributed by atoms with Crippen molar-refractivity contribution in [3.05, 3.63) is 21.4 Å². The summed E-state index contributed by atoms with van der Waals surface area (Å²) < 4.78 is 30.8. The first-order valence-corrected chi connectivity index (χ1v) is 8.67. The zero-order valence-corrected chi connectivity index (χ0v) is 14.2. The van der Waals surface area contributed by atoms with E-state index >= 15 is 0 Å². The van der Waals surface area contributed by atoms with Crippen LogP contribution in [0, 0.1) is 19.8 Å². The van der Waals surface area contributed by atoms with Crippen molar-refractivity contribution >= 4 is 33.2 Å². The fourth-order valence-corrected chi connectivity index (χ4v) is 3.80. The van der Waals surface area contributed by atoms with Gasteiger partial charge in [-0.2, -0.15) is 0 Å². The van der Waals surface area contributed by atoms with Crippen molar-refractivity contribution in [3.8, 4) is 0 Å². The molecule has 0 fully saturated rings. The number of hydrogen-bond donors (Lipinski definition) is 1. The number of esters is 1. The molecule has 1 aromatic heterocycles. The van der Waals surface area contributed by atoms with Crippen LogP contribution in [0.1, 0.15) is 34.0 Å². The van der Waals surface area contributed by atoms with Gasteiger partial charge in [0.15, 0.2) is 0 Å². The van der Waals surface area contributed by atoms with Crippen molar-refractivity contribution in [1.82, 2.24) is 4.72 Å². The van der Waals surface area contributed by atoms with E-state index in [1.54, 1.807) is 6.07 Å². The van der Waals surface area contributed by atoms with Crippen LogP contribution >= 0.6 is 11.3 Å². The number of amides is 1. The first-order chi connectivity index (χ1) is 9.60.